The Balaban J connectivity index is 3.08. The molecule has 0 aliphatic rings. The average molecular weight is 212 g/mol. The van der Waals surface area contributed by atoms with Crippen LogP contribution >= 0.6 is 22.9 Å². The van der Waals surface area contributed by atoms with Crippen molar-refractivity contribution in [1.82, 2.24) is 8.43 Å². The summed E-state index contributed by atoms with van der Waals surface area (Å²) >= 11 is 2.06. The Kier molecular flexibility index (Phi) is 4.28. The van der Waals surface area contributed by atoms with Gasteiger partial charge in [0, 0.05) is 26.5 Å². The highest BCUT2D eigenvalue weighted by molar-refractivity contribution is 14.1. The zero-order valence-corrected chi connectivity index (χ0v) is 6.64. The lowest BCUT2D eigenvalue weighted by molar-refractivity contribution is 0.562. The van der Waals surface area contributed by atoms with E-state index >= 15 is 0 Å². The molecular formula is C4H9IN2. The van der Waals surface area contributed by atoms with E-state index in [1.807, 2.05) is 31.4 Å². The third-order valence-electron chi connectivity index (χ3n) is 0.436. The van der Waals surface area contributed by atoms with E-state index in [1.165, 1.54) is 0 Å². The Morgan fingerprint density at radius 2 is 2.14 bits per heavy atom. The summed E-state index contributed by atoms with van der Waals surface area (Å²) in [4.78, 5) is 1.96. The summed E-state index contributed by atoms with van der Waals surface area (Å²) in [6.07, 6.45) is 3.80. The molecule has 0 aromatic rings. The molecule has 0 saturated carbocycles. The second-order valence-electron chi connectivity index (χ2n) is 1.39. The second-order valence-corrected chi connectivity index (χ2v) is 2.01. The van der Waals surface area contributed by atoms with Gasteiger partial charge in [-0.25, -0.2) is 0 Å². The molecule has 0 aliphatic heterocycles. The van der Waals surface area contributed by atoms with Gasteiger partial charge in [-0.05, 0) is 0 Å². The first-order chi connectivity index (χ1) is 3.27. The van der Waals surface area contributed by atoms with Gasteiger partial charge in [0.2, 0.25) is 0 Å². The molecule has 0 aromatic heterocycles. The van der Waals surface area contributed by atoms with Crippen molar-refractivity contribution in [1.29, 1.82) is 0 Å². The van der Waals surface area contributed by atoms with Gasteiger partial charge in [-0.1, -0.05) is 0 Å². The maximum atomic E-state index is 2.85. The number of hydrogen-bond acceptors (Lipinski definition) is 2. The monoisotopic (exact) mass is 212 g/mol. The molecule has 7 heavy (non-hydrogen) atoms. The van der Waals surface area contributed by atoms with Crippen molar-refractivity contribution in [2.75, 3.05) is 14.1 Å². The normalized spacial score (nSPS) is 9.57. The largest absolute Gasteiger partial charge is 0.382 e. The fourth-order valence-electron chi connectivity index (χ4n) is 0.177. The topological polar surface area (TPSA) is 15.3 Å². The Hall–Kier alpha value is 0.0700. The molecule has 3 heteroatoms. The highest BCUT2D eigenvalue weighted by Crippen LogP contribution is 1.75. The van der Waals surface area contributed by atoms with Crippen molar-refractivity contribution in [3.05, 3.63) is 12.4 Å². The molecule has 0 amide bonds. The summed E-state index contributed by atoms with van der Waals surface area (Å²) in [5.41, 5.74) is 0. The molecular weight excluding hydrogens is 203 g/mol. The van der Waals surface area contributed by atoms with Gasteiger partial charge in [-0.15, -0.1) is 0 Å². The molecule has 0 fully saturated rings. The number of nitrogens with zero attached hydrogens (tertiary/aromatic N) is 1. The van der Waals surface area contributed by atoms with Gasteiger partial charge in [0.05, 0.1) is 22.9 Å². The van der Waals surface area contributed by atoms with E-state index < -0.39 is 0 Å². The zero-order chi connectivity index (χ0) is 5.70. The molecule has 0 aromatic carbocycles. The van der Waals surface area contributed by atoms with Crippen LogP contribution in [0.5, 0.6) is 0 Å². The van der Waals surface area contributed by atoms with E-state index in [-0.39, 0.29) is 0 Å². The van der Waals surface area contributed by atoms with Gasteiger partial charge in [0.25, 0.3) is 0 Å². The van der Waals surface area contributed by atoms with Crippen molar-refractivity contribution in [2.24, 2.45) is 0 Å². The zero-order valence-electron chi connectivity index (χ0n) is 4.48. The first-order valence-electron chi connectivity index (χ1n) is 1.96. The smallest absolute Gasteiger partial charge is 0.0555 e. The van der Waals surface area contributed by atoms with Gasteiger partial charge < -0.3 is 8.43 Å². The third kappa shape index (κ3) is 6.07. The summed E-state index contributed by atoms with van der Waals surface area (Å²) < 4.78 is 2.85. The van der Waals surface area contributed by atoms with Crippen LogP contribution in [0.25, 0.3) is 0 Å². The number of halogens is 1. The minimum atomic E-state index is 1.86. The summed E-state index contributed by atoms with van der Waals surface area (Å²) in [6, 6.07) is 0. The van der Waals surface area contributed by atoms with Gasteiger partial charge >= 0.3 is 0 Å². The van der Waals surface area contributed by atoms with E-state index in [4.69, 9.17) is 0 Å². The van der Waals surface area contributed by atoms with Crippen LogP contribution in [0.2, 0.25) is 0 Å². The van der Waals surface area contributed by atoms with Gasteiger partial charge in [0.15, 0.2) is 0 Å². The molecule has 0 rings (SSSR count). The summed E-state index contributed by atoms with van der Waals surface area (Å²) in [5.74, 6) is 0. The third-order valence-corrected chi connectivity index (χ3v) is 0.795. The Morgan fingerprint density at radius 3 is 2.29 bits per heavy atom. The molecule has 1 N–H and O–H groups in total. The minimum absolute atomic E-state index is 1.86. The average Bonchev–Trinajstić information content (AvgIpc) is 1.61. The summed E-state index contributed by atoms with van der Waals surface area (Å²) in [7, 11) is 3.95. The fraction of sp³-hybridized carbons (Fsp3) is 0.500. The number of rotatable bonds is 2. The van der Waals surface area contributed by atoms with Crippen molar-refractivity contribution < 1.29 is 0 Å². The Labute approximate surface area is 58.1 Å². The maximum absolute atomic E-state index is 2.85. The van der Waals surface area contributed by atoms with E-state index in [1.54, 1.807) is 0 Å². The second kappa shape index (κ2) is 4.23. The number of nitrogens with one attached hydrogen (secondary N) is 1. The van der Waals surface area contributed by atoms with Crippen molar-refractivity contribution in [3.63, 3.8) is 0 Å². The Bertz CT molecular complexity index is 60.7. The van der Waals surface area contributed by atoms with Crippen LogP contribution in [0.3, 0.4) is 0 Å². The predicted octanol–water partition coefficient (Wildman–Crippen LogP) is 0.959. The van der Waals surface area contributed by atoms with Crippen LogP contribution in [0, 0.1) is 0 Å². The van der Waals surface area contributed by atoms with Crippen LogP contribution in [0.4, 0.5) is 0 Å². The van der Waals surface area contributed by atoms with E-state index in [0.717, 1.165) is 0 Å². The van der Waals surface area contributed by atoms with E-state index in [0.29, 0.717) is 0 Å². The van der Waals surface area contributed by atoms with Gasteiger partial charge in [-0.2, -0.15) is 0 Å². The van der Waals surface area contributed by atoms with Crippen molar-refractivity contribution >= 4 is 22.9 Å². The standard InChI is InChI=1S/C4H9IN2/c1-7(2)4-3-6-5/h3-4,6H,1-2H3/b4-3-. The van der Waals surface area contributed by atoms with Gasteiger partial charge in [0.1, 0.15) is 0 Å². The predicted molar refractivity (Wildman–Crippen MR) is 40.0 cm³/mol. The summed E-state index contributed by atoms with van der Waals surface area (Å²) in [5, 5.41) is 0. The van der Waals surface area contributed by atoms with Gasteiger partial charge in [-0.3, -0.25) is 0 Å². The number of hydrogen-bond donors (Lipinski definition) is 1. The molecule has 0 bridgehead atoms. The molecule has 42 valence electrons. The molecule has 2 nitrogen and oxygen atoms in total. The van der Waals surface area contributed by atoms with Crippen LogP contribution in [-0.4, -0.2) is 19.0 Å². The summed E-state index contributed by atoms with van der Waals surface area (Å²) in [6.45, 7) is 0. The highest BCUT2D eigenvalue weighted by Gasteiger charge is 1.69. The minimum Gasteiger partial charge on any atom is -0.382 e. The lowest BCUT2D eigenvalue weighted by atomic mass is 10.8. The molecule has 0 saturated heterocycles. The first kappa shape index (κ1) is 7.07. The highest BCUT2D eigenvalue weighted by atomic mass is 127. The Morgan fingerprint density at radius 1 is 1.57 bits per heavy atom. The quantitative estimate of drug-likeness (QED) is 0.541. The SMILES string of the molecule is CN(C)/C=C\NI. The first-order valence-corrected chi connectivity index (χ1v) is 3.04. The van der Waals surface area contributed by atoms with Crippen LogP contribution in [0.1, 0.15) is 0 Å². The van der Waals surface area contributed by atoms with Crippen LogP contribution in [-0.2, 0) is 0 Å². The van der Waals surface area contributed by atoms with Crippen molar-refractivity contribution in [3.8, 4) is 0 Å². The van der Waals surface area contributed by atoms with Crippen LogP contribution in [0.15, 0.2) is 12.4 Å². The van der Waals surface area contributed by atoms with E-state index in [9.17, 15) is 0 Å². The molecule has 0 atom stereocenters. The van der Waals surface area contributed by atoms with Crippen LogP contribution < -0.4 is 3.53 Å². The lowest BCUT2D eigenvalue weighted by Crippen LogP contribution is -2.01. The lowest BCUT2D eigenvalue weighted by Gasteiger charge is -2.00. The maximum Gasteiger partial charge on any atom is 0.0555 e. The molecule has 0 aliphatic carbocycles. The molecule has 0 heterocycles. The molecule has 0 unspecified atom stereocenters. The molecule has 0 spiro atoms. The van der Waals surface area contributed by atoms with E-state index in [2.05, 4.69) is 26.4 Å². The molecule has 0 radical (unpaired) electrons. The van der Waals surface area contributed by atoms with Crippen molar-refractivity contribution in [2.45, 2.75) is 0 Å². The fourth-order valence-corrected chi connectivity index (χ4v) is 0.338.